The molecule has 0 aliphatic heterocycles. The van der Waals surface area contributed by atoms with Crippen LogP contribution in [0.5, 0.6) is 0 Å². The number of ether oxygens (including phenoxy) is 1. The molecular formula is C33H60O4. The first-order valence-corrected chi connectivity index (χ1v) is 15.8. The normalized spacial score (nSPS) is 12.1. The molecule has 4 nitrogen and oxygen atoms in total. The van der Waals surface area contributed by atoms with Crippen LogP contribution in [-0.4, -0.2) is 23.7 Å². The number of hydrogen-bond acceptors (Lipinski definition) is 3. The van der Waals surface area contributed by atoms with E-state index in [1.54, 1.807) is 0 Å². The van der Waals surface area contributed by atoms with Gasteiger partial charge >= 0.3 is 11.9 Å². The monoisotopic (exact) mass is 520 g/mol. The van der Waals surface area contributed by atoms with Crippen molar-refractivity contribution >= 4 is 11.9 Å². The molecule has 1 N–H and O–H groups in total. The number of hydrogen-bond donors (Lipinski definition) is 1. The lowest BCUT2D eigenvalue weighted by Gasteiger charge is -2.13. The van der Waals surface area contributed by atoms with Crippen LogP contribution in [0.4, 0.5) is 0 Å². The van der Waals surface area contributed by atoms with Gasteiger partial charge in [-0.3, -0.25) is 9.59 Å². The molecule has 0 amide bonds. The third-order valence-electron chi connectivity index (χ3n) is 7.16. The van der Waals surface area contributed by atoms with Gasteiger partial charge in [0, 0.05) is 0 Å². The number of unbranched alkanes of at least 4 members (excludes halogenated alkanes) is 20. The molecule has 0 radical (unpaired) electrons. The smallest absolute Gasteiger partial charge is 0.309 e. The van der Waals surface area contributed by atoms with E-state index in [4.69, 9.17) is 9.84 Å². The highest BCUT2D eigenvalue weighted by molar-refractivity contribution is 5.79. The Bertz CT molecular complexity index is 555. The van der Waals surface area contributed by atoms with Crippen LogP contribution in [0.15, 0.2) is 24.8 Å². The highest BCUT2D eigenvalue weighted by Crippen LogP contribution is 2.18. The summed E-state index contributed by atoms with van der Waals surface area (Å²) in [5.74, 6) is -1.90. The van der Waals surface area contributed by atoms with E-state index >= 15 is 0 Å². The summed E-state index contributed by atoms with van der Waals surface area (Å²) in [4.78, 5) is 23.0. The lowest BCUT2D eigenvalue weighted by atomic mass is 9.97. The zero-order chi connectivity index (χ0) is 27.2. The molecule has 0 saturated carbocycles. The van der Waals surface area contributed by atoms with Gasteiger partial charge in [-0.05, 0) is 32.1 Å². The van der Waals surface area contributed by atoms with Crippen LogP contribution < -0.4 is 0 Å². The van der Waals surface area contributed by atoms with Crippen molar-refractivity contribution in [3.63, 3.8) is 0 Å². The number of aliphatic carboxylic acids is 1. The van der Waals surface area contributed by atoms with Gasteiger partial charge in [0.15, 0.2) is 0 Å². The Kier molecular flexibility index (Phi) is 27.7. The predicted molar refractivity (Wildman–Crippen MR) is 158 cm³/mol. The third kappa shape index (κ3) is 27.3. The van der Waals surface area contributed by atoms with Crippen LogP contribution in [0.2, 0.25) is 0 Å². The minimum atomic E-state index is -0.945. The van der Waals surface area contributed by atoms with Crippen molar-refractivity contribution in [3.8, 4) is 0 Å². The maximum atomic E-state index is 12.0. The summed E-state index contributed by atoms with van der Waals surface area (Å²) in [5, 5.41) is 9.01. The van der Waals surface area contributed by atoms with E-state index < -0.39 is 17.9 Å². The van der Waals surface area contributed by atoms with E-state index in [1.807, 2.05) is 0 Å². The molecule has 1 unspecified atom stereocenters. The minimum Gasteiger partial charge on any atom is -0.481 e. The molecule has 0 aromatic carbocycles. The summed E-state index contributed by atoms with van der Waals surface area (Å²) >= 11 is 0. The van der Waals surface area contributed by atoms with Crippen molar-refractivity contribution in [2.45, 2.75) is 161 Å². The Labute approximate surface area is 229 Å². The van der Waals surface area contributed by atoms with Gasteiger partial charge in [0.05, 0.1) is 12.3 Å². The van der Waals surface area contributed by atoms with Gasteiger partial charge in [-0.15, -0.1) is 0 Å². The average molecular weight is 521 g/mol. The van der Waals surface area contributed by atoms with Crippen molar-refractivity contribution < 1.29 is 19.4 Å². The largest absolute Gasteiger partial charge is 0.481 e. The van der Waals surface area contributed by atoms with E-state index in [2.05, 4.69) is 25.7 Å². The van der Waals surface area contributed by atoms with E-state index in [1.165, 1.54) is 128 Å². The third-order valence-corrected chi connectivity index (χ3v) is 7.16. The molecule has 0 heterocycles. The van der Waals surface area contributed by atoms with Gasteiger partial charge in [0.2, 0.25) is 0 Å². The summed E-state index contributed by atoms with van der Waals surface area (Å²) < 4.78 is 5.03. The van der Waals surface area contributed by atoms with Crippen LogP contribution in [0.1, 0.15) is 161 Å². The quantitative estimate of drug-likeness (QED) is 0.0605. The van der Waals surface area contributed by atoms with Gasteiger partial charge in [0.25, 0.3) is 0 Å². The molecule has 0 aromatic heterocycles. The van der Waals surface area contributed by atoms with Crippen LogP contribution in [0, 0.1) is 5.92 Å². The highest BCUT2D eigenvalue weighted by atomic mass is 16.5. The van der Waals surface area contributed by atoms with E-state index in [9.17, 15) is 9.59 Å². The number of esters is 1. The van der Waals surface area contributed by atoms with Gasteiger partial charge in [-0.1, -0.05) is 147 Å². The van der Waals surface area contributed by atoms with Gasteiger partial charge in [0.1, 0.15) is 6.61 Å². The first-order valence-electron chi connectivity index (χ1n) is 15.8. The predicted octanol–water partition coefficient (Wildman–Crippen LogP) is 10.4. The van der Waals surface area contributed by atoms with Gasteiger partial charge in [-0.2, -0.15) is 0 Å². The molecular weight excluding hydrogens is 460 g/mol. The number of carboxylic acids is 1. The maximum absolute atomic E-state index is 12.0. The standard InChI is InChI=1S/C33H60O4/c1-3-5-6-7-8-9-10-11-12-13-14-15-16-17-18-19-20-21-22-23-24-25-26-27-28-31(30-32(34)35)33(36)37-29-4-2/h4,18-19,31H,2-3,5-17,20-30H2,1H3,(H,34,35)/b19-18+. The second-order valence-electron chi connectivity index (χ2n) is 10.8. The SMILES string of the molecule is C=CCOC(=O)C(CCCCCCCCC/C=C/CCCCCCCCCCCCCCC)CC(=O)O. The maximum Gasteiger partial charge on any atom is 0.309 e. The van der Waals surface area contributed by atoms with E-state index in [-0.39, 0.29) is 13.0 Å². The van der Waals surface area contributed by atoms with Crippen LogP contribution in [0.3, 0.4) is 0 Å². The van der Waals surface area contributed by atoms with E-state index in [0.717, 1.165) is 19.3 Å². The molecule has 0 aromatic rings. The molecule has 216 valence electrons. The highest BCUT2D eigenvalue weighted by Gasteiger charge is 2.22. The van der Waals surface area contributed by atoms with E-state index in [0.29, 0.717) is 6.42 Å². The Morgan fingerprint density at radius 3 is 1.49 bits per heavy atom. The van der Waals surface area contributed by atoms with Crippen molar-refractivity contribution in [1.29, 1.82) is 0 Å². The molecule has 0 aliphatic carbocycles. The number of carbonyl (C=O) groups is 2. The fraction of sp³-hybridized carbons (Fsp3) is 0.818. The Balaban J connectivity index is 3.40. The van der Waals surface area contributed by atoms with Crippen molar-refractivity contribution in [2.75, 3.05) is 6.61 Å². The molecule has 0 bridgehead atoms. The molecule has 0 saturated heterocycles. The zero-order valence-electron chi connectivity index (χ0n) is 24.4. The lowest BCUT2D eigenvalue weighted by molar-refractivity contribution is -0.152. The van der Waals surface area contributed by atoms with Gasteiger partial charge < -0.3 is 9.84 Å². The first-order chi connectivity index (χ1) is 18.1. The Morgan fingerprint density at radius 2 is 1.08 bits per heavy atom. The number of carbonyl (C=O) groups excluding carboxylic acids is 1. The first kappa shape index (κ1) is 35.4. The molecule has 0 aliphatic rings. The van der Waals surface area contributed by atoms with Crippen LogP contribution >= 0.6 is 0 Å². The molecule has 0 spiro atoms. The molecule has 37 heavy (non-hydrogen) atoms. The summed E-state index contributed by atoms with van der Waals surface area (Å²) in [6.07, 6.45) is 35.6. The topological polar surface area (TPSA) is 63.6 Å². The van der Waals surface area contributed by atoms with Gasteiger partial charge in [-0.25, -0.2) is 0 Å². The molecule has 0 rings (SSSR count). The van der Waals surface area contributed by atoms with Crippen molar-refractivity contribution in [1.82, 2.24) is 0 Å². The summed E-state index contributed by atoms with van der Waals surface area (Å²) in [6, 6.07) is 0. The van der Waals surface area contributed by atoms with Crippen molar-refractivity contribution in [2.24, 2.45) is 5.92 Å². The summed E-state index contributed by atoms with van der Waals surface area (Å²) in [5.41, 5.74) is 0. The minimum absolute atomic E-state index is 0.142. The van der Waals surface area contributed by atoms with Crippen molar-refractivity contribution in [3.05, 3.63) is 24.8 Å². The number of rotatable bonds is 29. The number of allylic oxidation sites excluding steroid dienone is 2. The lowest BCUT2D eigenvalue weighted by Crippen LogP contribution is -2.21. The Hall–Kier alpha value is -1.58. The van der Waals surface area contributed by atoms with Crippen LogP contribution in [-0.2, 0) is 14.3 Å². The molecule has 1 atom stereocenters. The fourth-order valence-corrected chi connectivity index (χ4v) is 4.83. The second-order valence-corrected chi connectivity index (χ2v) is 10.8. The molecule has 4 heteroatoms. The summed E-state index contributed by atoms with van der Waals surface area (Å²) in [7, 11) is 0. The summed E-state index contributed by atoms with van der Waals surface area (Å²) in [6.45, 7) is 5.95. The number of carboxylic acid groups (broad SMARTS) is 1. The second kappa shape index (κ2) is 29.0. The van der Waals surface area contributed by atoms with Crippen LogP contribution in [0.25, 0.3) is 0 Å². The Morgan fingerprint density at radius 1 is 0.676 bits per heavy atom. The average Bonchev–Trinajstić information content (AvgIpc) is 2.88. The zero-order valence-corrected chi connectivity index (χ0v) is 24.4. The molecule has 0 fully saturated rings. The fourth-order valence-electron chi connectivity index (χ4n) is 4.83.